The van der Waals surface area contributed by atoms with E-state index in [9.17, 15) is 4.39 Å². The van der Waals surface area contributed by atoms with Crippen molar-refractivity contribution in [3.63, 3.8) is 0 Å². The summed E-state index contributed by atoms with van der Waals surface area (Å²) in [5.74, 6) is 0.195. The number of hydrogen-bond donors (Lipinski definition) is 1. The van der Waals surface area contributed by atoms with Crippen LogP contribution in [0.15, 0.2) is 61.3 Å². The predicted octanol–water partition coefficient (Wildman–Crippen LogP) is 8.67. The standard InChI is InChI=1S/C21H18ClFN2O.C7H17N.C2H6/c1-3-14-7-9-15(10-8-14)16-11-19(21(24)25-12-16)26-13(2)17-5-4-6-18(23)20(17)22;1-4-6-8(3)7-5-2;1-2/h3-13H,1H2,2H3,(H2,24,25);4-7H2,1-3H3;1-2H3. The van der Waals surface area contributed by atoms with Crippen LogP contribution in [0.25, 0.3) is 17.2 Å². The molecule has 196 valence electrons. The molecule has 0 aliphatic rings. The lowest BCUT2D eigenvalue weighted by Crippen LogP contribution is -2.19. The second kappa shape index (κ2) is 16.7. The van der Waals surface area contributed by atoms with Crippen LogP contribution in [-0.2, 0) is 0 Å². The first-order chi connectivity index (χ1) is 17.3. The van der Waals surface area contributed by atoms with E-state index in [1.165, 1.54) is 32.0 Å². The Balaban J connectivity index is 0.000000554. The quantitative estimate of drug-likeness (QED) is 0.311. The van der Waals surface area contributed by atoms with Crippen molar-refractivity contribution in [2.75, 3.05) is 25.9 Å². The number of pyridine rings is 1. The molecule has 0 bridgehead atoms. The van der Waals surface area contributed by atoms with Crippen molar-refractivity contribution in [1.29, 1.82) is 0 Å². The fourth-order valence-electron chi connectivity index (χ4n) is 3.48. The maximum Gasteiger partial charge on any atom is 0.166 e. The summed E-state index contributed by atoms with van der Waals surface area (Å²) in [4.78, 5) is 6.57. The first-order valence-corrected chi connectivity index (χ1v) is 13.0. The van der Waals surface area contributed by atoms with E-state index >= 15 is 0 Å². The number of halogens is 2. The second-order valence-corrected chi connectivity index (χ2v) is 8.52. The highest BCUT2D eigenvalue weighted by Crippen LogP contribution is 2.33. The minimum atomic E-state index is -0.485. The average molecular weight is 514 g/mol. The molecule has 36 heavy (non-hydrogen) atoms. The van der Waals surface area contributed by atoms with Gasteiger partial charge in [0.05, 0.1) is 5.02 Å². The Hall–Kier alpha value is -2.89. The molecule has 2 aromatic carbocycles. The van der Waals surface area contributed by atoms with Crippen LogP contribution in [0, 0.1) is 5.82 Å². The van der Waals surface area contributed by atoms with Gasteiger partial charge in [-0.2, -0.15) is 0 Å². The fourth-order valence-corrected chi connectivity index (χ4v) is 3.76. The maximum absolute atomic E-state index is 13.7. The van der Waals surface area contributed by atoms with Gasteiger partial charge in [0.25, 0.3) is 0 Å². The Morgan fingerprint density at radius 3 is 2.25 bits per heavy atom. The van der Waals surface area contributed by atoms with E-state index in [4.69, 9.17) is 22.1 Å². The van der Waals surface area contributed by atoms with E-state index in [-0.39, 0.29) is 10.8 Å². The minimum Gasteiger partial charge on any atom is -0.482 e. The van der Waals surface area contributed by atoms with Gasteiger partial charge < -0.3 is 15.4 Å². The van der Waals surface area contributed by atoms with Gasteiger partial charge >= 0.3 is 0 Å². The Labute approximate surface area is 222 Å². The lowest BCUT2D eigenvalue weighted by Gasteiger charge is -2.18. The van der Waals surface area contributed by atoms with Crippen LogP contribution in [0.4, 0.5) is 10.2 Å². The predicted molar refractivity (Wildman–Crippen MR) is 154 cm³/mol. The molecule has 4 nitrogen and oxygen atoms in total. The number of aromatic nitrogens is 1. The highest BCUT2D eigenvalue weighted by atomic mass is 35.5. The monoisotopic (exact) mass is 513 g/mol. The first-order valence-electron chi connectivity index (χ1n) is 12.6. The SMILES string of the molecule is C=Cc1ccc(-c2cnc(N)c(OC(C)c3cccc(F)c3Cl)c2)cc1.CC.CCCN(C)CCC. The van der Waals surface area contributed by atoms with Gasteiger partial charge in [0.2, 0.25) is 0 Å². The van der Waals surface area contributed by atoms with Crippen LogP contribution in [0.5, 0.6) is 5.75 Å². The number of ether oxygens (including phenoxy) is 1. The number of nitrogens with two attached hydrogens (primary N) is 1. The third-order valence-corrected chi connectivity index (χ3v) is 5.69. The third-order valence-electron chi connectivity index (χ3n) is 5.30. The van der Waals surface area contributed by atoms with Crippen molar-refractivity contribution in [2.45, 2.75) is 53.6 Å². The Morgan fingerprint density at radius 2 is 1.69 bits per heavy atom. The average Bonchev–Trinajstić information content (AvgIpc) is 2.89. The molecule has 0 amide bonds. The summed E-state index contributed by atoms with van der Waals surface area (Å²) in [6.45, 7) is 16.4. The van der Waals surface area contributed by atoms with E-state index < -0.39 is 11.9 Å². The first kappa shape index (κ1) is 31.1. The van der Waals surface area contributed by atoms with Crippen LogP contribution in [0.2, 0.25) is 5.02 Å². The lowest BCUT2D eigenvalue weighted by atomic mass is 10.1. The van der Waals surface area contributed by atoms with Gasteiger partial charge in [0.1, 0.15) is 11.9 Å². The normalized spacial score (nSPS) is 11.0. The van der Waals surface area contributed by atoms with Gasteiger partial charge in [0.15, 0.2) is 11.6 Å². The Kier molecular flexibility index (Phi) is 14.5. The van der Waals surface area contributed by atoms with Gasteiger partial charge in [0, 0.05) is 17.3 Å². The molecule has 3 rings (SSSR count). The third kappa shape index (κ3) is 9.63. The highest BCUT2D eigenvalue weighted by Gasteiger charge is 2.16. The molecular weight excluding hydrogens is 473 g/mol. The van der Waals surface area contributed by atoms with Gasteiger partial charge in [-0.1, -0.05) is 88.3 Å². The van der Waals surface area contributed by atoms with Gasteiger partial charge in [-0.3, -0.25) is 0 Å². The molecule has 1 unspecified atom stereocenters. The highest BCUT2D eigenvalue weighted by molar-refractivity contribution is 6.31. The second-order valence-electron chi connectivity index (χ2n) is 8.14. The zero-order valence-corrected chi connectivity index (χ0v) is 23.3. The van der Waals surface area contributed by atoms with Crippen molar-refractivity contribution >= 4 is 23.5 Å². The van der Waals surface area contributed by atoms with Crippen LogP contribution in [-0.4, -0.2) is 30.0 Å². The van der Waals surface area contributed by atoms with E-state index in [1.807, 2.05) is 44.2 Å². The summed E-state index contributed by atoms with van der Waals surface area (Å²) in [6.07, 6.45) is 5.53. The summed E-state index contributed by atoms with van der Waals surface area (Å²) < 4.78 is 19.6. The Bertz CT molecular complexity index is 1050. The van der Waals surface area contributed by atoms with Crippen LogP contribution < -0.4 is 10.5 Å². The zero-order valence-electron chi connectivity index (χ0n) is 22.5. The molecule has 6 heteroatoms. The smallest absolute Gasteiger partial charge is 0.166 e. The summed E-state index contributed by atoms with van der Waals surface area (Å²) in [6, 6.07) is 14.3. The summed E-state index contributed by atoms with van der Waals surface area (Å²) in [7, 11) is 2.17. The number of rotatable bonds is 9. The molecule has 0 fully saturated rings. The van der Waals surface area contributed by atoms with Crippen molar-refractivity contribution in [1.82, 2.24) is 9.88 Å². The topological polar surface area (TPSA) is 51.4 Å². The number of nitrogen functional groups attached to an aromatic ring is 1. The van der Waals surface area contributed by atoms with E-state index in [1.54, 1.807) is 31.3 Å². The summed E-state index contributed by atoms with van der Waals surface area (Å²) in [5, 5.41) is 0.0442. The largest absolute Gasteiger partial charge is 0.482 e. The van der Waals surface area contributed by atoms with Crippen LogP contribution in [0.3, 0.4) is 0 Å². The van der Waals surface area contributed by atoms with Crippen molar-refractivity contribution in [3.05, 3.63) is 83.3 Å². The number of benzene rings is 2. The number of nitrogens with zero attached hydrogens (tertiary/aromatic N) is 2. The molecule has 1 atom stereocenters. The van der Waals surface area contributed by atoms with Gasteiger partial charge in [-0.15, -0.1) is 0 Å². The Morgan fingerprint density at radius 1 is 1.08 bits per heavy atom. The van der Waals surface area contributed by atoms with Crippen molar-refractivity contribution < 1.29 is 9.13 Å². The molecule has 0 spiro atoms. The maximum atomic E-state index is 13.7. The molecule has 0 aliphatic heterocycles. The molecule has 0 radical (unpaired) electrons. The number of hydrogen-bond acceptors (Lipinski definition) is 4. The molecule has 2 N–H and O–H groups in total. The van der Waals surface area contributed by atoms with E-state index in [2.05, 4.69) is 37.4 Å². The number of anilines is 1. The van der Waals surface area contributed by atoms with Crippen molar-refractivity contribution in [2.24, 2.45) is 0 Å². The van der Waals surface area contributed by atoms with Gasteiger partial charge in [-0.05, 0) is 63.2 Å². The molecule has 3 aromatic rings. The van der Waals surface area contributed by atoms with E-state index in [0.29, 0.717) is 11.3 Å². The molecular formula is C30H41ClFN3O. The molecule has 0 aliphatic carbocycles. The van der Waals surface area contributed by atoms with Crippen LogP contribution >= 0.6 is 11.6 Å². The fraction of sp³-hybridized carbons (Fsp3) is 0.367. The van der Waals surface area contributed by atoms with E-state index in [0.717, 1.165) is 16.7 Å². The molecule has 0 saturated carbocycles. The zero-order chi connectivity index (χ0) is 27.1. The molecule has 1 heterocycles. The lowest BCUT2D eigenvalue weighted by molar-refractivity contribution is 0.227. The summed E-state index contributed by atoms with van der Waals surface area (Å²) >= 11 is 6.04. The molecule has 1 aromatic heterocycles. The molecule has 0 saturated heterocycles. The summed E-state index contributed by atoms with van der Waals surface area (Å²) in [5.41, 5.74) is 9.37. The minimum absolute atomic E-state index is 0.0442. The van der Waals surface area contributed by atoms with Crippen molar-refractivity contribution in [3.8, 4) is 16.9 Å². The van der Waals surface area contributed by atoms with Crippen LogP contribution in [0.1, 0.15) is 64.7 Å². The van der Waals surface area contributed by atoms with Gasteiger partial charge in [-0.25, -0.2) is 9.37 Å².